The highest BCUT2D eigenvalue weighted by Gasteiger charge is 2.33. The van der Waals surface area contributed by atoms with Gasteiger partial charge in [0.25, 0.3) is 5.56 Å². The van der Waals surface area contributed by atoms with E-state index in [-0.39, 0.29) is 11.3 Å². The first-order valence-corrected chi connectivity index (χ1v) is 7.23. The lowest BCUT2D eigenvalue weighted by Gasteiger charge is -2.39. The summed E-state index contributed by atoms with van der Waals surface area (Å²) < 4.78 is 2.42. The van der Waals surface area contributed by atoms with E-state index in [2.05, 4.69) is 4.90 Å². The molecule has 0 N–H and O–H groups in total. The molecule has 2 aliphatic rings. The van der Waals surface area contributed by atoms with Crippen LogP contribution in [0.1, 0.15) is 18.4 Å². The molecule has 0 radical (unpaired) electrons. The summed E-state index contributed by atoms with van der Waals surface area (Å²) >= 11 is 0. The van der Waals surface area contributed by atoms with Gasteiger partial charge in [0.05, 0.1) is 0 Å². The maximum atomic E-state index is 12.2. The Kier molecular flexibility index (Phi) is 3.33. The van der Waals surface area contributed by atoms with Crippen LogP contribution in [0.5, 0.6) is 0 Å². The molecule has 7 heteroatoms. The summed E-state index contributed by atoms with van der Waals surface area (Å²) in [7, 11) is 3.03. The fourth-order valence-electron chi connectivity index (χ4n) is 3.49. The van der Waals surface area contributed by atoms with Crippen LogP contribution in [0.15, 0.2) is 9.59 Å². The number of rotatable bonds is 1. The van der Waals surface area contributed by atoms with E-state index in [1.807, 2.05) is 11.0 Å². The molecule has 7 nitrogen and oxygen atoms in total. The van der Waals surface area contributed by atoms with Gasteiger partial charge in [-0.2, -0.15) is 5.26 Å². The summed E-state index contributed by atoms with van der Waals surface area (Å²) in [5.41, 5.74) is -0.835. The minimum absolute atomic E-state index is 0.0612. The van der Waals surface area contributed by atoms with Gasteiger partial charge >= 0.3 is 5.69 Å². The van der Waals surface area contributed by atoms with Crippen LogP contribution < -0.4 is 16.1 Å². The van der Waals surface area contributed by atoms with E-state index in [0.29, 0.717) is 11.9 Å². The minimum Gasteiger partial charge on any atom is -0.354 e. The summed E-state index contributed by atoms with van der Waals surface area (Å²) in [6.07, 6.45) is 2.33. The Labute approximate surface area is 122 Å². The van der Waals surface area contributed by atoms with Crippen LogP contribution in [-0.4, -0.2) is 46.3 Å². The monoisotopic (exact) mass is 289 g/mol. The molecular weight excluding hydrogens is 270 g/mol. The van der Waals surface area contributed by atoms with Crippen LogP contribution in [0.4, 0.5) is 5.82 Å². The van der Waals surface area contributed by atoms with Crippen LogP contribution in [0.25, 0.3) is 0 Å². The Bertz CT molecular complexity index is 727. The Morgan fingerprint density at radius 3 is 2.62 bits per heavy atom. The summed E-state index contributed by atoms with van der Waals surface area (Å²) in [6, 6.07) is 2.44. The van der Waals surface area contributed by atoms with Crippen molar-refractivity contribution >= 4 is 5.82 Å². The number of hydrogen-bond acceptors (Lipinski definition) is 5. The minimum atomic E-state index is -0.510. The van der Waals surface area contributed by atoms with Gasteiger partial charge in [-0.1, -0.05) is 0 Å². The molecule has 112 valence electrons. The SMILES string of the molecule is Cn1c(N2CCN3CCCC3C2)c(C#N)c(=O)n(C)c1=O. The second-order valence-electron chi connectivity index (χ2n) is 5.79. The van der Waals surface area contributed by atoms with Gasteiger partial charge in [0.1, 0.15) is 11.9 Å². The third-order valence-corrected chi connectivity index (χ3v) is 4.63. The maximum absolute atomic E-state index is 12.2. The molecule has 0 spiro atoms. The summed E-state index contributed by atoms with van der Waals surface area (Å²) in [6.45, 7) is 3.55. The van der Waals surface area contributed by atoms with Crippen molar-refractivity contribution in [1.29, 1.82) is 5.26 Å². The molecule has 1 aromatic heterocycles. The molecule has 1 aromatic rings. The maximum Gasteiger partial charge on any atom is 0.332 e. The van der Waals surface area contributed by atoms with Crippen molar-refractivity contribution in [3.05, 3.63) is 26.4 Å². The van der Waals surface area contributed by atoms with Crippen molar-refractivity contribution < 1.29 is 0 Å². The third kappa shape index (κ3) is 2.07. The van der Waals surface area contributed by atoms with Crippen molar-refractivity contribution in [3.63, 3.8) is 0 Å². The summed E-state index contributed by atoms with van der Waals surface area (Å²) in [5.74, 6) is 0.470. The first-order valence-electron chi connectivity index (χ1n) is 7.23. The molecule has 0 aromatic carbocycles. The third-order valence-electron chi connectivity index (χ3n) is 4.63. The lowest BCUT2D eigenvalue weighted by molar-refractivity contribution is 0.229. The molecule has 2 saturated heterocycles. The first kappa shape index (κ1) is 13.9. The number of anilines is 1. The lowest BCUT2D eigenvalue weighted by atomic mass is 10.1. The zero-order valence-electron chi connectivity index (χ0n) is 12.4. The number of hydrogen-bond donors (Lipinski definition) is 0. The van der Waals surface area contributed by atoms with Crippen molar-refractivity contribution in [2.75, 3.05) is 31.1 Å². The van der Waals surface area contributed by atoms with E-state index >= 15 is 0 Å². The normalized spacial score (nSPS) is 22.1. The molecule has 21 heavy (non-hydrogen) atoms. The van der Waals surface area contributed by atoms with Gasteiger partial charge in [-0.3, -0.25) is 18.8 Å². The number of fused-ring (bicyclic) bond motifs is 1. The van der Waals surface area contributed by atoms with Crippen molar-refractivity contribution in [2.45, 2.75) is 18.9 Å². The molecule has 0 saturated carbocycles. The number of nitrogens with zero attached hydrogens (tertiary/aromatic N) is 5. The van der Waals surface area contributed by atoms with E-state index < -0.39 is 5.56 Å². The highest BCUT2D eigenvalue weighted by atomic mass is 16.2. The standard InChI is InChI=1S/C14H19N5O2/c1-16-12(11(8-15)13(20)17(2)14(16)21)19-7-6-18-5-3-4-10(18)9-19/h10H,3-7,9H2,1-2H3. The molecule has 0 amide bonds. The van der Waals surface area contributed by atoms with Crippen molar-refractivity contribution in [2.24, 2.45) is 14.1 Å². The fourth-order valence-corrected chi connectivity index (χ4v) is 3.49. The van der Waals surface area contributed by atoms with Gasteiger partial charge < -0.3 is 4.90 Å². The van der Waals surface area contributed by atoms with Crippen LogP contribution in [-0.2, 0) is 14.1 Å². The Hall–Kier alpha value is -2.07. The molecule has 1 atom stereocenters. The van der Waals surface area contributed by atoms with Crippen molar-refractivity contribution in [1.82, 2.24) is 14.0 Å². The molecule has 0 bridgehead atoms. The van der Waals surface area contributed by atoms with E-state index in [0.717, 1.165) is 37.2 Å². The Morgan fingerprint density at radius 1 is 1.14 bits per heavy atom. The topological polar surface area (TPSA) is 74.3 Å². The molecule has 3 heterocycles. The van der Waals surface area contributed by atoms with Gasteiger partial charge in [0.15, 0.2) is 5.56 Å². The zero-order valence-corrected chi connectivity index (χ0v) is 12.4. The summed E-state index contributed by atoms with van der Waals surface area (Å²) in [4.78, 5) is 28.8. The van der Waals surface area contributed by atoms with Gasteiger partial charge in [-0.25, -0.2) is 4.79 Å². The number of nitriles is 1. The van der Waals surface area contributed by atoms with E-state index in [9.17, 15) is 14.9 Å². The van der Waals surface area contributed by atoms with Crippen LogP contribution >= 0.6 is 0 Å². The predicted octanol–water partition coefficient (Wildman–Crippen LogP) is -0.760. The average molecular weight is 289 g/mol. The van der Waals surface area contributed by atoms with Crippen LogP contribution in [0.3, 0.4) is 0 Å². The van der Waals surface area contributed by atoms with Crippen LogP contribution in [0.2, 0.25) is 0 Å². The Balaban J connectivity index is 2.08. The lowest BCUT2D eigenvalue weighted by Crippen LogP contribution is -2.53. The zero-order chi connectivity index (χ0) is 15.1. The second-order valence-corrected chi connectivity index (χ2v) is 5.79. The quantitative estimate of drug-likeness (QED) is 0.679. The number of aromatic nitrogens is 2. The molecular formula is C14H19N5O2. The highest BCUT2D eigenvalue weighted by Crippen LogP contribution is 2.25. The van der Waals surface area contributed by atoms with Crippen LogP contribution in [0, 0.1) is 11.3 Å². The number of piperazine rings is 1. The van der Waals surface area contributed by atoms with Gasteiger partial charge in [0.2, 0.25) is 0 Å². The molecule has 0 aliphatic carbocycles. The highest BCUT2D eigenvalue weighted by molar-refractivity contribution is 5.54. The Morgan fingerprint density at radius 2 is 1.90 bits per heavy atom. The molecule has 1 unspecified atom stereocenters. The molecule has 2 fully saturated rings. The molecule has 3 rings (SSSR count). The molecule has 2 aliphatic heterocycles. The van der Waals surface area contributed by atoms with Gasteiger partial charge in [-0.15, -0.1) is 0 Å². The van der Waals surface area contributed by atoms with Gasteiger partial charge in [0, 0.05) is 39.8 Å². The van der Waals surface area contributed by atoms with Gasteiger partial charge in [-0.05, 0) is 19.4 Å². The second kappa shape index (κ2) is 5.04. The van der Waals surface area contributed by atoms with Crippen molar-refractivity contribution in [3.8, 4) is 6.07 Å². The largest absolute Gasteiger partial charge is 0.354 e. The summed E-state index contributed by atoms with van der Waals surface area (Å²) in [5, 5.41) is 9.34. The van der Waals surface area contributed by atoms with E-state index in [1.54, 1.807) is 7.05 Å². The predicted molar refractivity (Wildman–Crippen MR) is 78.4 cm³/mol. The smallest absolute Gasteiger partial charge is 0.332 e. The first-order chi connectivity index (χ1) is 10.0. The van der Waals surface area contributed by atoms with E-state index in [4.69, 9.17) is 0 Å². The van der Waals surface area contributed by atoms with E-state index in [1.165, 1.54) is 18.0 Å². The average Bonchev–Trinajstić information content (AvgIpc) is 2.96. The fraction of sp³-hybridized carbons (Fsp3) is 0.643.